The SMILES string of the molecule is CC1=C(Nc2ccccc2-c2cc(-c3ccccc3C)cc3c2[B]c2c(ccc4c2Cc2ccccc2-4)N3c2cc3c(cc2C)C(C)(C)CCC3(C)C)Cc2ccccc21. The molecule has 0 atom stereocenters. The van der Waals surface area contributed by atoms with Gasteiger partial charge in [0, 0.05) is 40.4 Å². The van der Waals surface area contributed by atoms with E-state index in [9.17, 15) is 0 Å². The number of benzene rings is 7. The number of hydrogen-bond donors (Lipinski definition) is 1. The molecule has 1 heterocycles. The fourth-order valence-corrected chi connectivity index (χ4v) is 11.0. The lowest BCUT2D eigenvalue weighted by Gasteiger charge is -2.44. The molecule has 293 valence electrons. The summed E-state index contributed by atoms with van der Waals surface area (Å²) in [6.45, 7) is 16.6. The Morgan fingerprint density at radius 2 is 1.13 bits per heavy atom. The zero-order valence-electron chi connectivity index (χ0n) is 36.1. The van der Waals surface area contributed by atoms with Gasteiger partial charge in [0.05, 0.1) is 0 Å². The Hall–Kier alpha value is -6.06. The monoisotopic (exact) mass is 775 g/mol. The van der Waals surface area contributed by atoms with E-state index in [0.29, 0.717) is 0 Å². The number of nitrogens with one attached hydrogen (secondary N) is 1. The summed E-state index contributed by atoms with van der Waals surface area (Å²) in [5.41, 5.74) is 29.1. The number of aryl methyl sites for hydroxylation is 2. The van der Waals surface area contributed by atoms with Crippen LogP contribution in [0.25, 0.3) is 39.0 Å². The second-order valence-electron chi connectivity index (χ2n) is 19.2. The van der Waals surface area contributed by atoms with Gasteiger partial charge in [-0.2, -0.15) is 0 Å². The molecular weight excluding hydrogens is 723 g/mol. The first kappa shape index (κ1) is 37.0. The molecule has 2 nitrogen and oxygen atoms in total. The van der Waals surface area contributed by atoms with Crippen LogP contribution in [0.2, 0.25) is 0 Å². The second kappa shape index (κ2) is 13.5. The number of para-hydroxylation sites is 1. The van der Waals surface area contributed by atoms with Crippen molar-refractivity contribution in [1.29, 1.82) is 0 Å². The van der Waals surface area contributed by atoms with Crippen molar-refractivity contribution in [3.8, 4) is 33.4 Å². The number of fused-ring (bicyclic) bond motifs is 8. The maximum atomic E-state index is 4.01. The van der Waals surface area contributed by atoms with E-state index in [1.807, 2.05) is 0 Å². The number of allylic oxidation sites excluding steroid dienone is 2. The molecule has 1 aliphatic heterocycles. The van der Waals surface area contributed by atoms with Crippen molar-refractivity contribution in [3.05, 3.63) is 184 Å². The van der Waals surface area contributed by atoms with Crippen LogP contribution in [0.5, 0.6) is 0 Å². The minimum absolute atomic E-state index is 0.0753. The van der Waals surface area contributed by atoms with Crippen LogP contribution in [0.3, 0.4) is 0 Å². The van der Waals surface area contributed by atoms with Gasteiger partial charge in [0.15, 0.2) is 7.28 Å². The topological polar surface area (TPSA) is 15.3 Å². The first-order chi connectivity index (χ1) is 29.0. The third-order valence-corrected chi connectivity index (χ3v) is 14.5. The number of rotatable bonds is 5. The van der Waals surface area contributed by atoms with Gasteiger partial charge in [-0.15, -0.1) is 0 Å². The van der Waals surface area contributed by atoms with Crippen molar-refractivity contribution in [2.45, 2.75) is 85.0 Å². The summed E-state index contributed by atoms with van der Waals surface area (Å²) < 4.78 is 0. The molecule has 0 fully saturated rings. The van der Waals surface area contributed by atoms with E-state index in [2.05, 4.69) is 199 Å². The summed E-state index contributed by atoms with van der Waals surface area (Å²) in [5, 5.41) is 4.01. The fourth-order valence-electron chi connectivity index (χ4n) is 11.0. The Labute approximate surface area is 357 Å². The summed E-state index contributed by atoms with van der Waals surface area (Å²) in [6.07, 6.45) is 4.21. The van der Waals surface area contributed by atoms with Gasteiger partial charge in [-0.3, -0.25) is 0 Å². The normalized spacial score (nSPS) is 16.3. The minimum Gasteiger partial charge on any atom is -0.358 e. The molecule has 7 aromatic rings. The lowest BCUT2D eigenvalue weighted by Crippen LogP contribution is -2.43. The molecule has 11 rings (SSSR count). The van der Waals surface area contributed by atoms with E-state index < -0.39 is 0 Å². The summed E-state index contributed by atoms with van der Waals surface area (Å²) >= 11 is 0. The second-order valence-corrected chi connectivity index (χ2v) is 19.2. The molecule has 0 amide bonds. The molecule has 0 saturated heterocycles. The summed E-state index contributed by atoms with van der Waals surface area (Å²) in [4.78, 5) is 2.64. The predicted octanol–water partition coefficient (Wildman–Crippen LogP) is 13.4. The van der Waals surface area contributed by atoms with Crippen molar-refractivity contribution in [1.82, 2.24) is 0 Å². The largest absolute Gasteiger partial charge is 0.358 e. The van der Waals surface area contributed by atoms with Crippen molar-refractivity contribution in [3.63, 3.8) is 0 Å². The highest BCUT2D eigenvalue weighted by atomic mass is 15.2. The van der Waals surface area contributed by atoms with Gasteiger partial charge in [0.1, 0.15) is 0 Å². The van der Waals surface area contributed by atoms with Crippen molar-refractivity contribution < 1.29 is 0 Å². The van der Waals surface area contributed by atoms with E-state index in [0.717, 1.165) is 18.5 Å². The molecule has 0 aromatic heterocycles. The summed E-state index contributed by atoms with van der Waals surface area (Å²) in [5.74, 6) is 0. The molecule has 0 spiro atoms. The number of nitrogens with zero attached hydrogens (tertiary/aromatic N) is 1. The van der Waals surface area contributed by atoms with Crippen LogP contribution in [-0.2, 0) is 23.7 Å². The highest BCUT2D eigenvalue weighted by Gasteiger charge is 2.40. The highest BCUT2D eigenvalue weighted by Crippen LogP contribution is 2.51. The maximum absolute atomic E-state index is 4.01. The molecular formula is C57H52BN2. The Balaban J connectivity index is 1.18. The molecule has 4 aliphatic rings. The van der Waals surface area contributed by atoms with E-state index in [1.165, 1.54) is 130 Å². The predicted molar refractivity (Wildman–Crippen MR) is 256 cm³/mol. The van der Waals surface area contributed by atoms with Gasteiger partial charge in [-0.25, -0.2) is 0 Å². The third-order valence-electron chi connectivity index (χ3n) is 14.5. The Kier molecular flexibility index (Phi) is 8.31. The van der Waals surface area contributed by atoms with Crippen LogP contribution in [-0.4, -0.2) is 7.28 Å². The van der Waals surface area contributed by atoms with Crippen LogP contribution in [0.4, 0.5) is 22.7 Å². The molecule has 3 aliphatic carbocycles. The standard InChI is InChI=1S/C57H52BN2/c1-34-16-8-11-19-40(34)39-30-46(44-22-14-15-23-49(44)59-50-31-38-18-9-12-20-41(38)36(50)3)55-53(32-39)60(52-33-48-47(28-35(52)2)56(4,5)26-27-57(48,6)7)51-25-24-43-42-21-13-10-17-37(42)29-45(43)54(51)58-55/h8-25,28,30,32-33,59H,26-27,29,31H2,1-7H3. The van der Waals surface area contributed by atoms with Crippen molar-refractivity contribution in [2.75, 3.05) is 10.2 Å². The van der Waals surface area contributed by atoms with E-state index in [-0.39, 0.29) is 10.8 Å². The Morgan fingerprint density at radius 1 is 0.500 bits per heavy atom. The van der Waals surface area contributed by atoms with Gasteiger partial charge in [0.25, 0.3) is 0 Å². The van der Waals surface area contributed by atoms with Crippen LogP contribution < -0.4 is 21.1 Å². The molecule has 0 bridgehead atoms. The molecule has 1 radical (unpaired) electrons. The van der Waals surface area contributed by atoms with Gasteiger partial charge >= 0.3 is 0 Å². The van der Waals surface area contributed by atoms with Crippen molar-refractivity contribution >= 4 is 46.5 Å². The van der Waals surface area contributed by atoms with E-state index >= 15 is 0 Å². The minimum atomic E-state index is 0.0753. The summed E-state index contributed by atoms with van der Waals surface area (Å²) in [6, 6.07) is 50.6. The highest BCUT2D eigenvalue weighted by molar-refractivity contribution is 6.74. The van der Waals surface area contributed by atoms with E-state index in [4.69, 9.17) is 0 Å². The average molecular weight is 776 g/mol. The zero-order chi connectivity index (χ0) is 41.1. The first-order valence-electron chi connectivity index (χ1n) is 21.9. The first-order valence-corrected chi connectivity index (χ1v) is 21.9. The van der Waals surface area contributed by atoms with Gasteiger partial charge in [-0.05, 0) is 165 Å². The lowest BCUT2D eigenvalue weighted by atomic mass is 9.56. The maximum Gasteiger partial charge on any atom is 0.198 e. The number of anilines is 4. The zero-order valence-corrected chi connectivity index (χ0v) is 36.1. The molecule has 0 saturated carbocycles. The molecule has 60 heavy (non-hydrogen) atoms. The summed E-state index contributed by atoms with van der Waals surface area (Å²) in [7, 11) is 2.54. The van der Waals surface area contributed by atoms with Crippen molar-refractivity contribution in [2.24, 2.45) is 0 Å². The number of hydrogen-bond acceptors (Lipinski definition) is 2. The van der Waals surface area contributed by atoms with E-state index in [1.54, 1.807) is 0 Å². The molecule has 0 unspecified atom stereocenters. The molecule has 1 N–H and O–H groups in total. The smallest absolute Gasteiger partial charge is 0.198 e. The van der Waals surface area contributed by atoms with Crippen LogP contribution >= 0.6 is 0 Å². The van der Waals surface area contributed by atoms with Crippen LogP contribution in [0.15, 0.2) is 139 Å². The van der Waals surface area contributed by atoms with Crippen LogP contribution in [0.1, 0.15) is 92.0 Å². The third kappa shape index (κ3) is 5.69. The fraction of sp³-hybridized carbons (Fsp3) is 0.228. The lowest BCUT2D eigenvalue weighted by molar-refractivity contribution is 0.332. The van der Waals surface area contributed by atoms with Crippen LogP contribution in [0, 0.1) is 13.8 Å². The van der Waals surface area contributed by atoms with Gasteiger partial charge < -0.3 is 10.2 Å². The molecule has 7 aromatic carbocycles. The quantitative estimate of drug-likeness (QED) is 0.175. The van der Waals surface area contributed by atoms with Gasteiger partial charge in [0.2, 0.25) is 0 Å². The molecule has 3 heteroatoms. The average Bonchev–Trinajstić information content (AvgIpc) is 3.79. The Morgan fingerprint density at radius 3 is 1.87 bits per heavy atom. The van der Waals surface area contributed by atoms with Gasteiger partial charge in [-0.1, -0.05) is 136 Å². The Bertz CT molecular complexity index is 2980.